The first-order chi connectivity index (χ1) is 10.2. The van der Waals surface area contributed by atoms with E-state index in [0.29, 0.717) is 16.4 Å². The van der Waals surface area contributed by atoms with Crippen LogP contribution in [-0.4, -0.2) is 18.0 Å². The molecule has 0 atom stereocenters. The topological polar surface area (TPSA) is 54.1 Å². The molecule has 0 aliphatic rings. The van der Waals surface area contributed by atoms with Crippen molar-refractivity contribution < 1.29 is 9.53 Å². The van der Waals surface area contributed by atoms with E-state index in [-0.39, 0.29) is 5.91 Å². The van der Waals surface area contributed by atoms with Gasteiger partial charge in [-0.25, -0.2) is 0 Å². The van der Waals surface area contributed by atoms with Gasteiger partial charge in [-0.05, 0) is 36.4 Å². The maximum Gasteiger partial charge on any atom is 0.272 e. The molecule has 0 radical (unpaired) electrons. The summed E-state index contributed by atoms with van der Waals surface area (Å²) in [5.74, 6) is 0.526. The Morgan fingerprint density at radius 3 is 2.81 bits per heavy atom. The van der Waals surface area contributed by atoms with Gasteiger partial charge < -0.3 is 15.0 Å². The standard InChI is InChI=1S/C16H13ClN2O2/c1-21-13-6-5-10-7-15(19-14(10)9-13)16(20)18-12-4-2-3-11(17)8-12/h2-9,19H,1H3,(H,18,20). The SMILES string of the molecule is COc1ccc2cc(C(=O)Nc3cccc(Cl)c3)[nH]c2c1. The number of fused-ring (bicyclic) bond motifs is 1. The van der Waals surface area contributed by atoms with Crippen molar-refractivity contribution in [2.75, 3.05) is 12.4 Å². The Morgan fingerprint density at radius 2 is 2.05 bits per heavy atom. The van der Waals surface area contributed by atoms with E-state index in [9.17, 15) is 4.79 Å². The van der Waals surface area contributed by atoms with Crippen LogP contribution in [0.2, 0.25) is 5.02 Å². The largest absolute Gasteiger partial charge is 0.497 e. The predicted octanol–water partition coefficient (Wildman–Crippen LogP) is 4.08. The first-order valence-corrected chi connectivity index (χ1v) is 6.77. The lowest BCUT2D eigenvalue weighted by molar-refractivity contribution is 0.102. The van der Waals surface area contributed by atoms with Crippen LogP contribution in [0.5, 0.6) is 5.75 Å². The van der Waals surface area contributed by atoms with E-state index in [1.165, 1.54) is 0 Å². The number of amides is 1. The molecule has 0 aliphatic carbocycles. The number of nitrogens with one attached hydrogen (secondary N) is 2. The minimum atomic E-state index is -0.215. The van der Waals surface area contributed by atoms with Crippen LogP contribution in [0, 0.1) is 0 Å². The molecule has 0 saturated carbocycles. The summed E-state index contributed by atoms with van der Waals surface area (Å²) in [5.41, 5.74) is 1.99. The highest BCUT2D eigenvalue weighted by Gasteiger charge is 2.10. The molecule has 21 heavy (non-hydrogen) atoms. The molecule has 0 bridgehead atoms. The molecule has 3 rings (SSSR count). The summed E-state index contributed by atoms with van der Waals surface area (Å²) >= 11 is 5.90. The molecule has 2 aromatic carbocycles. The molecule has 3 aromatic rings. The molecule has 1 heterocycles. The maximum atomic E-state index is 12.2. The van der Waals surface area contributed by atoms with Crippen molar-refractivity contribution in [3.8, 4) is 5.75 Å². The minimum Gasteiger partial charge on any atom is -0.497 e. The minimum absolute atomic E-state index is 0.215. The number of carbonyl (C=O) groups excluding carboxylic acids is 1. The Balaban J connectivity index is 1.87. The van der Waals surface area contributed by atoms with Crippen LogP contribution in [0.25, 0.3) is 10.9 Å². The van der Waals surface area contributed by atoms with Gasteiger partial charge in [0.15, 0.2) is 0 Å². The zero-order valence-electron chi connectivity index (χ0n) is 11.3. The molecule has 1 amide bonds. The Labute approximate surface area is 126 Å². The zero-order valence-corrected chi connectivity index (χ0v) is 12.1. The van der Waals surface area contributed by atoms with Crippen molar-refractivity contribution in [1.82, 2.24) is 4.98 Å². The van der Waals surface area contributed by atoms with Crippen LogP contribution in [0.4, 0.5) is 5.69 Å². The van der Waals surface area contributed by atoms with Crippen LogP contribution in [0.1, 0.15) is 10.5 Å². The highest BCUT2D eigenvalue weighted by atomic mass is 35.5. The summed E-state index contributed by atoms with van der Waals surface area (Å²) in [6.07, 6.45) is 0. The van der Waals surface area contributed by atoms with Gasteiger partial charge in [-0.2, -0.15) is 0 Å². The lowest BCUT2D eigenvalue weighted by Gasteiger charge is -2.03. The number of anilines is 1. The molecule has 0 aliphatic heterocycles. The molecular weight excluding hydrogens is 288 g/mol. The third-order valence-electron chi connectivity index (χ3n) is 3.16. The number of H-pyrrole nitrogens is 1. The molecule has 0 spiro atoms. The van der Waals surface area contributed by atoms with Crippen molar-refractivity contribution >= 4 is 34.1 Å². The maximum absolute atomic E-state index is 12.2. The first kappa shape index (κ1) is 13.5. The second-order valence-electron chi connectivity index (χ2n) is 4.60. The number of rotatable bonds is 3. The van der Waals surface area contributed by atoms with Gasteiger partial charge in [0.2, 0.25) is 0 Å². The fourth-order valence-corrected chi connectivity index (χ4v) is 2.31. The van der Waals surface area contributed by atoms with E-state index in [2.05, 4.69) is 10.3 Å². The van der Waals surface area contributed by atoms with E-state index >= 15 is 0 Å². The Hall–Kier alpha value is -2.46. The Bertz CT molecular complexity index is 811. The number of ether oxygens (including phenoxy) is 1. The van der Waals surface area contributed by atoms with Crippen LogP contribution < -0.4 is 10.1 Å². The number of hydrogen-bond acceptors (Lipinski definition) is 2. The van der Waals surface area contributed by atoms with E-state index < -0.39 is 0 Å². The summed E-state index contributed by atoms with van der Waals surface area (Å²) in [5, 5.41) is 4.33. The second-order valence-corrected chi connectivity index (χ2v) is 5.04. The monoisotopic (exact) mass is 300 g/mol. The third-order valence-corrected chi connectivity index (χ3v) is 3.39. The highest BCUT2D eigenvalue weighted by Crippen LogP contribution is 2.22. The summed E-state index contributed by atoms with van der Waals surface area (Å²) in [7, 11) is 1.61. The fraction of sp³-hybridized carbons (Fsp3) is 0.0625. The lowest BCUT2D eigenvalue weighted by Crippen LogP contribution is -2.12. The van der Waals surface area contributed by atoms with Gasteiger partial charge >= 0.3 is 0 Å². The molecule has 106 valence electrons. The van der Waals surface area contributed by atoms with Crippen molar-refractivity contribution in [1.29, 1.82) is 0 Å². The summed E-state index contributed by atoms with van der Waals surface area (Å²) in [4.78, 5) is 15.3. The lowest BCUT2D eigenvalue weighted by atomic mass is 10.2. The molecule has 1 aromatic heterocycles. The molecule has 0 unspecified atom stereocenters. The average molecular weight is 301 g/mol. The van der Waals surface area contributed by atoms with E-state index in [1.807, 2.05) is 18.2 Å². The summed E-state index contributed by atoms with van der Waals surface area (Å²) in [6, 6.07) is 14.4. The van der Waals surface area contributed by atoms with Crippen LogP contribution in [-0.2, 0) is 0 Å². The molecule has 0 fully saturated rings. The average Bonchev–Trinajstić information content (AvgIpc) is 2.90. The van der Waals surface area contributed by atoms with Gasteiger partial charge in [0.1, 0.15) is 11.4 Å². The number of methoxy groups -OCH3 is 1. The Kier molecular flexibility index (Phi) is 3.54. The summed E-state index contributed by atoms with van der Waals surface area (Å²) in [6.45, 7) is 0. The van der Waals surface area contributed by atoms with E-state index in [0.717, 1.165) is 16.7 Å². The van der Waals surface area contributed by atoms with Gasteiger partial charge in [0.25, 0.3) is 5.91 Å². The number of hydrogen-bond donors (Lipinski definition) is 2. The van der Waals surface area contributed by atoms with Crippen molar-refractivity contribution in [3.63, 3.8) is 0 Å². The molecule has 4 nitrogen and oxygen atoms in total. The number of benzene rings is 2. The fourth-order valence-electron chi connectivity index (χ4n) is 2.12. The van der Waals surface area contributed by atoms with Crippen molar-refractivity contribution in [3.05, 3.63) is 59.2 Å². The van der Waals surface area contributed by atoms with E-state index in [1.54, 1.807) is 37.4 Å². The number of carbonyl (C=O) groups is 1. The zero-order chi connectivity index (χ0) is 14.8. The quantitative estimate of drug-likeness (QED) is 0.765. The van der Waals surface area contributed by atoms with Gasteiger partial charge in [-0.1, -0.05) is 17.7 Å². The first-order valence-electron chi connectivity index (χ1n) is 6.39. The normalized spacial score (nSPS) is 10.6. The predicted molar refractivity (Wildman–Crippen MR) is 84.3 cm³/mol. The molecule has 2 N–H and O–H groups in total. The molecule has 0 saturated heterocycles. The van der Waals surface area contributed by atoms with Gasteiger partial charge in [0, 0.05) is 27.7 Å². The van der Waals surface area contributed by atoms with Gasteiger partial charge in [-0.15, -0.1) is 0 Å². The van der Waals surface area contributed by atoms with Crippen LogP contribution >= 0.6 is 11.6 Å². The van der Waals surface area contributed by atoms with Crippen LogP contribution in [0.15, 0.2) is 48.5 Å². The smallest absolute Gasteiger partial charge is 0.272 e. The number of halogens is 1. The Morgan fingerprint density at radius 1 is 1.19 bits per heavy atom. The summed E-state index contributed by atoms with van der Waals surface area (Å²) < 4.78 is 5.17. The third kappa shape index (κ3) is 2.85. The van der Waals surface area contributed by atoms with Gasteiger partial charge in [-0.3, -0.25) is 4.79 Å². The number of aromatic amines is 1. The van der Waals surface area contributed by atoms with Crippen LogP contribution in [0.3, 0.4) is 0 Å². The van der Waals surface area contributed by atoms with E-state index in [4.69, 9.17) is 16.3 Å². The van der Waals surface area contributed by atoms with Crippen molar-refractivity contribution in [2.24, 2.45) is 0 Å². The molecule has 5 heteroatoms. The van der Waals surface area contributed by atoms with Gasteiger partial charge in [0.05, 0.1) is 7.11 Å². The molecular formula is C16H13ClN2O2. The number of aromatic nitrogens is 1. The highest BCUT2D eigenvalue weighted by molar-refractivity contribution is 6.31. The second kappa shape index (κ2) is 5.50. The van der Waals surface area contributed by atoms with Crippen molar-refractivity contribution in [2.45, 2.75) is 0 Å².